The van der Waals surface area contributed by atoms with E-state index in [2.05, 4.69) is 10.5 Å². The molecule has 1 heterocycles. The number of imide groups is 1. The van der Waals surface area contributed by atoms with E-state index in [1.807, 2.05) is 42.5 Å². The van der Waals surface area contributed by atoms with Gasteiger partial charge in [0, 0.05) is 5.56 Å². The highest BCUT2D eigenvalue weighted by atomic mass is 16.5. The number of amides is 3. The normalized spacial score (nSPS) is 19.5. The molecule has 3 aromatic carbocycles. The predicted octanol–water partition coefficient (Wildman–Crippen LogP) is 5.10. The molecule has 2 fully saturated rings. The van der Waals surface area contributed by atoms with Gasteiger partial charge in [-0.25, -0.2) is 5.43 Å². The van der Waals surface area contributed by atoms with Gasteiger partial charge in [0.2, 0.25) is 11.8 Å². The average Bonchev–Trinajstić information content (AvgIpc) is 3.21. The number of carbonyl (C=O) groups excluding carboxylic acids is 3. The van der Waals surface area contributed by atoms with Gasteiger partial charge in [-0.15, -0.1) is 0 Å². The largest absolute Gasteiger partial charge is 0.489 e. The number of hydrazone groups is 1. The van der Waals surface area contributed by atoms with Crippen molar-refractivity contribution in [3.8, 4) is 5.75 Å². The summed E-state index contributed by atoms with van der Waals surface area (Å²) in [7, 11) is 0. The first-order valence-corrected chi connectivity index (χ1v) is 12.6. The van der Waals surface area contributed by atoms with Crippen molar-refractivity contribution in [2.24, 2.45) is 16.9 Å². The summed E-state index contributed by atoms with van der Waals surface area (Å²) in [6.45, 7) is 2.24. The molecule has 1 saturated carbocycles. The summed E-state index contributed by atoms with van der Waals surface area (Å²) >= 11 is 0. The van der Waals surface area contributed by atoms with E-state index in [4.69, 9.17) is 4.74 Å². The van der Waals surface area contributed by atoms with E-state index in [1.165, 1.54) is 4.90 Å². The highest BCUT2D eigenvalue weighted by Crippen LogP contribution is 2.40. The zero-order chi connectivity index (χ0) is 25.8. The van der Waals surface area contributed by atoms with Crippen molar-refractivity contribution < 1.29 is 19.1 Å². The van der Waals surface area contributed by atoms with Crippen LogP contribution in [0.5, 0.6) is 5.75 Å². The Bertz CT molecular complexity index is 1290. The van der Waals surface area contributed by atoms with Crippen LogP contribution in [0.4, 0.5) is 5.69 Å². The van der Waals surface area contributed by atoms with E-state index in [1.54, 1.807) is 43.3 Å². The Balaban J connectivity index is 1.18. The third-order valence-corrected chi connectivity index (χ3v) is 7.07. The maximum atomic E-state index is 12.8. The Labute approximate surface area is 216 Å². The van der Waals surface area contributed by atoms with Crippen LogP contribution in [0, 0.1) is 11.8 Å². The molecule has 0 bridgehead atoms. The molecule has 2 atom stereocenters. The molecule has 5 rings (SSSR count). The second kappa shape index (κ2) is 10.8. The number of benzene rings is 3. The fourth-order valence-corrected chi connectivity index (χ4v) is 4.98. The minimum Gasteiger partial charge on any atom is -0.489 e. The quantitative estimate of drug-likeness (QED) is 0.281. The Morgan fingerprint density at radius 3 is 2.08 bits per heavy atom. The number of hydrogen-bond donors (Lipinski definition) is 1. The van der Waals surface area contributed by atoms with Crippen molar-refractivity contribution in [1.82, 2.24) is 5.43 Å². The van der Waals surface area contributed by atoms with Crippen molar-refractivity contribution in [2.45, 2.75) is 39.2 Å². The monoisotopic (exact) mass is 495 g/mol. The second-order valence-corrected chi connectivity index (χ2v) is 9.49. The number of rotatable bonds is 7. The van der Waals surface area contributed by atoms with Crippen LogP contribution >= 0.6 is 0 Å². The first-order chi connectivity index (χ1) is 18.0. The lowest BCUT2D eigenvalue weighted by Crippen LogP contribution is -2.30. The van der Waals surface area contributed by atoms with E-state index in [9.17, 15) is 14.4 Å². The molecule has 7 heteroatoms. The van der Waals surface area contributed by atoms with Crippen LogP contribution in [-0.4, -0.2) is 23.4 Å². The van der Waals surface area contributed by atoms with Crippen LogP contribution < -0.4 is 15.1 Å². The maximum Gasteiger partial charge on any atom is 0.271 e. The third-order valence-electron chi connectivity index (χ3n) is 7.07. The molecule has 1 aliphatic carbocycles. The number of fused-ring (bicyclic) bond motifs is 1. The van der Waals surface area contributed by atoms with Gasteiger partial charge in [0.1, 0.15) is 12.4 Å². The first kappa shape index (κ1) is 24.4. The molecular weight excluding hydrogens is 466 g/mol. The van der Waals surface area contributed by atoms with Crippen LogP contribution in [0.2, 0.25) is 0 Å². The Morgan fingerprint density at radius 2 is 1.46 bits per heavy atom. The van der Waals surface area contributed by atoms with Gasteiger partial charge in [-0.2, -0.15) is 5.10 Å². The van der Waals surface area contributed by atoms with E-state index in [-0.39, 0.29) is 29.6 Å². The summed E-state index contributed by atoms with van der Waals surface area (Å²) in [5, 5.41) is 4.22. The third kappa shape index (κ3) is 5.31. The zero-order valence-electron chi connectivity index (χ0n) is 20.7. The van der Waals surface area contributed by atoms with Gasteiger partial charge in [-0.3, -0.25) is 19.3 Å². The van der Waals surface area contributed by atoms with E-state index >= 15 is 0 Å². The molecule has 0 aromatic heterocycles. The van der Waals surface area contributed by atoms with Gasteiger partial charge < -0.3 is 4.74 Å². The number of nitrogens with zero attached hydrogens (tertiary/aromatic N) is 2. The minimum absolute atomic E-state index is 0.0865. The summed E-state index contributed by atoms with van der Waals surface area (Å²) in [6, 6.07) is 23.9. The van der Waals surface area contributed by atoms with Gasteiger partial charge in [0.05, 0.1) is 23.2 Å². The molecule has 7 nitrogen and oxygen atoms in total. The number of ether oxygens (including phenoxy) is 1. The molecule has 1 N–H and O–H groups in total. The Kier molecular flexibility index (Phi) is 7.12. The Morgan fingerprint density at radius 1 is 0.865 bits per heavy atom. The fraction of sp³-hybridized carbons (Fsp3) is 0.267. The van der Waals surface area contributed by atoms with Crippen molar-refractivity contribution in [3.63, 3.8) is 0 Å². The van der Waals surface area contributed by atoms with Gasteiger partial charge in [0.25, 0.3) is 5.91 Å². The fourth-order valence-electron chi connectivity index (χ4n) is 4.98. The Hall–Kier alpha value is -4.26. The molecule has 0 spiro atoms. The molecule has 1 aliphatic heterocycles. The van der Waals surface area contributed by atoms with Crippen molar-refractivity contribution >= 4 is 29.1 Å². The van der Waals surface area contributed by atoms with E-state index < -0.39 is 0 Å². The van der Waals surface area contributed by atoms with Crippen LogP contribution in [0.25, 0.3) is 0 Å². The minimum atomic E-state index is -0.332. The summed E-state index contributed by atoms with van der Waals surface area (Å²) in [6.07, 6.45) is 3.58. The van der Waals surface area contributed by atoms with Gasteiger partial charge in [-0.1, -0.05) is 55.3 Å². The van der Waals surface area contributed by atoms with E-state index in [0.717, 1.165) is 36.8 Å². The number of hydrogen-bond acceptors (Lipinski definition) is 5. The second-order valence-electron chi connectivity index (χ2n) is 9.49. The molecule has 1 saturated heterocycles. The molecule has 3 amide bonds. The van der Waals surface area contributed by atoms with Crippen molar-refractivity contribution in [3.05, 3.63) is 95.6 Å². The van der Waals surface area contributed by atoms with Crippen LogP contribution in [0.15, 0.2) is 84.0 Å². The SMILES string of the molecule is CC(=NNC(=O)c1ccc(OCc2ccccc2)cc1)c1ccc(N2C(=O)C3CCCCC3C2=O)cc1. The number of anilines is 1. The topological polar surface area (TPSA) is 88.1 Å². The lowest BCUT2D eigenvalue weighted by Gasteiger charge is -2.19. The van der Waals surface area contributed by atoms with Gasteiger partial charge >= 0.3 is 0 Å². The first-order valence-electron chi connectivity index (χ1n) is 12.6. The lowest BCUT2D eigenvalue weighted by molar-refractivity contribution is -0.122. The highest BCUT2D eigenvalue weighted by Gasteiger charge is 2.48. The van der Waals surface area contributed by atoms with Gasteiger partial charge in [0.15, 0.2) is 0 Å². The average molecular weight is 496 g/mol. The summed E-state index contributed by atoms with van der Waals surface area (Å²) in [5.74, 6) is -0.183. The molecule has 0 radical (unpaired) electrons. The molecule has 2 aliphatic rings. The smallest absolute Gasteiger partial charge is 0.271 e. The van der Waals surface area contributed by atoms with Crippen molar-refractivity contribution in [1.29, 1.82) is 0 Å². The van der Waals surface area contributed by atoms with Crippen molar-refractivity contribution in [2.75, 3.05) is 4.90 Å². The lowest BCUT2D eigenvalue weighted by atomic mass is 9.81. The highest BCUT2D eigenvalue weighted by molar-refractivity contribution is 6.22. The molecule has 3 aromatic rings. The van der Waals surface area contributed by atoms with Crippen LogP contribution in [0.3, 0.4) is 0 Å². The maximum absolute atomic E-state index is 12.8. The standard InChI is InChI=1S/C30H29N3O4/c1-20(22-11-15-24(16-12-22)33-29(35)26-9-5-6-10-27(26)30(33)36)31-32-28(34)23-13-17-25(18-14-23)37-19-21-7-3-2-4-8-21/h2-4,7-8,11-18,26-27H,5-6,9-10,19H2,1H3,(H,32,34). The number of carbonyl (C=O) groups is 3. The summed E-state index contributed by atoms with van der Waals surface area (Å²) in [5.41, 5.74) is 6.09. The molecular formula is C30H29N3O4. The molecule has 2 unspecified atom stereocenters. The predicted molar refractivity (Wildman–Crippen MR) is 141 cm³/mol. The molecule has 188 valence electrons. The van der Waals surface area contributed by atoms with Crippen LogP contribution in [0.1, 0.15) is 54.1 Å². The molecule has 37 heavy (non-hydrogen) atoms. The summed E-state index contributed by atoms with van der Waals surface area (Å²) in [4.78, 5) is 39.6. The van der Waals surface area contributed by atoms with Crippen LogP contribution in [-0.2, 0) is 16.2 Å². The zero-order valence-corrected chi connectivity index (χ0v) is 20.7. The van der Waals surface area contributed by atoms with E-state index in [0.29, 0.717) is 29.3 Å². The summed E-state index contributed by atoms with van der Waals surface area (Å²) < 4.78 is 5.77. The number of nitrogens with one attached hydrogen (secondary N) is 1. The van der Waals surface area contributed by atoms with Gasteiger partial charge in [-0.05, 0) is 67.3 Å².